The number of nitrogen functional groups attached to an aromatic ring is 1. The van der Waals surface area contributed by atoms with E-state index in [1.807, 2.05) is 26.0 Å². The van der Waals surface area contributed by atoms with Gasteiger partial charge in [0.2, 0.25) is 0 Å². The number of aryl methyl sites for hydroxylation is 2. The molecule has 0 fully saturated rings. The highest BCUT2D eigenvalue weighted by molar-refractivity contribution is 5.94. The van der Waals surface area contributed by atoms with Gasteiger partial charge < -0.3 is 10.5 Å². The zero-order chi connectivity index (χ0) is 13.8. The van der Waals surface area contributed by atoms with E-state index in [1.54, 1.807) is 24.3 Å². The first-order valence-electron chi connectivity index (χ1n) is 6.19. The lowest BCUT2D eigenvalue weighted by Gasteiger charge is -2.10. The summed E-state index contributed by atoms with van der Waals surface area (Å²) < 4.78 is 5.82. The third kappa shape index (κ3) is 3.10. The number of amidine groups is 1. The Morgan fingerprint density at radius 1 is 1.21 bits per heavy atom. The van der Waals surface area contributed by atoms with Crippen LogP contribution >= 0.6 is 0 Å². The number of hydrogen-bond donors (Lipinski definition) is 2. The minimum absolute atomic E-state index is 0.0535. The Labute approximate surface area is 112 Å². The monoisotopic (exact) mass is 255 g/mol. The van der Waals surface area contributed by atoms with Crippen molar-refractivity contribution in [2.75, 3.05) is 0 Å². The van der Waals surface area contributed by atoms with E-state index in [4.69, 9.17) is 15.9 Å². The van der Waals surface area contributed by atoms with Gasteiger partial charge in [0.1, 0.15) is 17.3 Å². The van der Waals surface area contributed by atoms with E-state index in [-0.39, 0.29) is 5.84 Å². The molecule has 0 saturated carbocycles. The normalized spacial score (nSPS) is 10.2. The average molecular weight is 255 g/mol. The minimum Gasteiger partial charge on any atom is -0.455 e. The summed E-state index contributed by atoms with van der Waals surface area (Å²) >= 11 is 0. The average Bonchev–Trinajstić information content (AvgIpc) is 2.41. The van der Waals surface area contributed by atoms with Crippen molar-refractivity contribution in [3.05, 3.63) is 53.3 Å². The molecule has 19 heavy (non-hydrogen) atoms. The number of ether oxygens (including phenoxy) is 1. The van der Waals surface area contributed by atoms with Gasteiger partial charge in [-0.15, -0.1) is 0 Å². The summed E-state index contributed by atoms with van der Waals surface area (Å²) in [5.41, 5.74) is 8.02. The molecular formula is C15H17N3O. The number of aromatic nitrogens is 1. The summed E-state index contributed by atoms with van der Waals surface area (Å²) in [5, 5.41) is 7.34. The molecule has 2 aromatic rings. The molecule has 0 saturated heterocycles. The standard InChI is InChI=1S/C15H17N3O/c1-3-13-14(9-4-10(2)18-13)19-12-7-5-11(6-8-12)15(16)17/h4-9H,3H2,1-2H3,(H3,16,17). The maximum atomic E-state index is 7.34. The van der Waals surface area contributed by atoms with Gasteiger partial charge in [0.15, 0.2) is 0 Å². The Kier molecular flexibility index (Phi) is 3.80. The van der Waals surface area contributed by atoms with E-state index in [0.29, 0.717) is 11.3 Å². The first-order valence-corrected chi connectivity index (χ1v) is 6.19. The number of pyridine rings is 1. The molecule has 2 rings (SSSR count). The van der Waals surface area contributed by atoms with E-state index < -0.39 is 0 Å². The van der Waals surface area contributed by atoms with Crippen molar-refractivity contribution in [3.63, 3.8) is 0 Å². The van der Waals surface area contributed by atoms with Crippen LogP contribution in [0.15, 0.2) is 36.4 Å². The van der Waals surface area contributed by atoms with Crippen molar-refractivity contribution in [3.8, 4) is 11.5 Å². The Hall–Kier alpha value is -2.36. The summed E-state index contributed by atoms with van der Waals surface area (Å²) in [4.78, 5) is 4.45. The second kappa shape index (κ2) is 5.52. The molecule has 1 aromatic carbocycles. The van der Waals surface area contributed by atoms with Crippen LogP contribution in [-0.2, 0) is 6.42 Å². The van der Waals surface area contributed by atoms with Crippen molar-refractivity contribution in [2.45, 2.75) is 20.3 Å². The zero-order valence-electron chi connectivity index (χ0n) is 11.1. The van der Waals surface area contributed by atoms with E-state index in [2.05, 4.69) is 4.98 Å². The second-order valence-corrected chi connectivity index (χ2v) is 4.29. The smallest absolute Gasteiger partial charge is 0.148 e. The summed E-state index contributed by atoms with van der Waals surface area (Å²) in [6.07, 6.45) is 0.822. The number of rotatable bonds is 4. The summed E-state index contributed by atoms with van der Waals surface area (Å²) in [5.74, 6) is 1.53. The largest absolute Gasteiger partial charge is 0.455 e. The molecule has 98 valence electrons. The number of nitrogens with zero attached hydrogens (tertiary/aromatic N) is 1. The third-order valence-corrected chi connectivity index (χ3v) is 2.80. The topological polar surface area (TPSA) is 72.0 Å². The van der Waals surface area contributed by atoms with Gasteiger partial charge in [0, 0.05) is 11.3 Å². The van der Waals surface area contributed by atoms with E-state index in [1.165, 1.54) is 0 Å². The molecule has 0 atom stereocenters. The molecule has 0 aliphatic carbocycles. The molecular weight excluding hydrogens is 238 g/mol. The molecule has 3 N–H and O–H groups in total. The van der Waals surface area contributed by atoms with Gasteiger partial charge in [-0.1, -0.05) is 6.92 Å². The Morgan fingerprint density at radius 3 is 2.47 bits per heavy atom. The highest BCUT2D eigenvalue weighted by Gasteiger charge is 2.05. The van der Waals surface area contributed by atoms with Gasteiger partial charge in [-0.25, -0.2) is 0 Å². The maximum Gasteiger partial charge on any atom is 0.148 e. The molecule has 1 aromatic heterocycles. The van der Waals surface area contributed by atoms with Crippen molar-refractivity contribution >= 4 is 5.84 Å². The fraction of sp³-hybridized carbons (Fsp3) is 0.200. The third-order valence-electron chi connectivity index (χ3n) is 2.80. The van der Waals surface area contributed by atoms with Crippen LogP contribution in [0.4, 0.5) is 0 Å². The van der Waals surface area contributed by atoms with Crippen LogP contribution < -0.4 is 10.5 Å². The molecule has 0 radical (unpaired) electrons. The summed E-state index contributed by atoms with van der Waals surface area (Å²) in [6.45, 7) is 4.01. The lowest BCUT2D eigenvalue weighted by molar-refractivity contribution is 0.473. The van der Waals surface area contributed by atoms with E-state index >= 15 is 0 Å². The van der Waals surface area contributed by atoms with Crippen LogP contribution in [-0.4, -0.2) is 10.8 Å². The van der Waals surface area contributed by atoms with E-state index in [9.17, 15) is 0 Å². The summed E-state index contributed by atoms with van der Waals surface area (Å²) in [7, 11) is 0. The fourth-order valence-corrected chi connectivity index (χ4v) is 1.77. The molecule has 0 bridgehead atoms. The Morgan fingerprint density at radius 2 is 1.89 bits per heavy atom. The van der Waals surface area contributed by atoms with Gasteiger partial charge >= 0.3 is 0 Å². The van der Waals surface area contributed by atoms with Gasteiger partial charge in [0.05, 0.1) is 5.69 Å². The zero-order valence-corrected chi connectivity index (χ0v) is 11.1. The molecule has 0 aliphatic heterocycles. The molecule has 1 heterocycles. The first-order chi connectivity index (χ1) is 9.10. The van der Waals surface area contributed by atoms with Crippen molar-refractivity contribution in [1.29, 1.82) is 5.41 Å². The molecule has 0 amide bonds. The van der Waals surface area contributed by atoms with Crippen LogP contribution in [0.1, 0.15) is 23.9 Å². The van der Waals surface area contributed by atoms with Gasteiger partial charge in [-0.05, 0) is 49.7 Å². The predicted octanol–water partition coefficient (Wildman–Crippen LogP) is 3.03. The SMILES string of the molecule is CCc1nc(C)ccc1Oc1ccc(C(=N)N)cc1. The fourth-order valence-electron chi connectivity index (χ4n) is 1.77. The predicted molar refractivity (Wildman–Crippen MR) is 75.9 cm³/mol. The lowest BCUT2D eigenvalue weighted by atomic mass is 10.2. The number of hydrogen-bond acceptors (Lipinski definition) is 3. The number of nitrogens with two attached hydrogens (primary N) is 1. The molecule has 4 nitrogen and oxygen atoms in total. The molecule has 0 unspecified atom stereocenters. The maximum absolute atomic E-state index is 7.34. The van der Waals surface area contributed by atoms with Gasteiger partial charge in [-0.3, -0.25) is 10.4 Å². The minimum atomic E-state index is 0.0535. The van der Waals surface area contributed by atoms with Crippen LogP contribution in [0.2, 0.25) is 0 Å². The van der Waals surface area contributed by atoms with E-state index in [0.717, 1.165) is 23.6 Å². The molecule has 0 spiro atoms. The highest BCUT2D eigenvalue weighted by Crippen LogP contribution is 2.25. The lowest BCUT2D eigenvalue weighted by Crippen LogP contribution is -2.10. The highest BCUT2D eigenvalue weighted by atomic mass is 16.5. The van der Waals surface area contributed by atoms with Crippen molar-refractivity contribution in [2.24, 2.45) is 5.73 Å². The van der Waals surface area contributed by atoms with Crippen molar-refractivity contribution < 1.29 is 4.74 Å². The van der Waals surface area contributed by atoms with Crippen LogP contribution in [0.5, 0.6) is 11.5 Å². The number of nitrogens with one attached hydrogen (secondary N) is 1. The Bertz CT molecular complexity index is 591. The quantitative estimate of drug-likeness (QED) is 0.651. The second-order valence-electron chi connectivity index (χ2n) is 4.29. The van der Waals surface area contributed by atoms with Crippen molar-refractivity contribution in [1.82, 2.24) is 4.98 Å². The summed E-state index contributed by atoms with van der Waals surface area (Å²) in [6, 6.07) is 11.0. The van der Waals surface area contributed by atoms with Gasteiger partial charge in [-0.2, -0.15) is 0 Å². The first kappa shape index (κ1) is 13.1. The van der Waals surface area contributed by atoms with Crippen LogP contribution in [0, 0.1) is 12.3 Å². The van der Waals surface area contributed by atoms with Gasteiger partial charge in [0.25, 0.3) is 0 Å². The molecule has 4 heteroatoms. The number of benzene rings is 1. The Balaban J connectivity index is 2.23. The van der Waals surface area contributed by atoms with Crippen LogP contribution in [0.25, 0.3) is 0 Å². The molecule has 0 aliphatic rings. The van der Waals surface area contributed by atoms with Crippen LogP contribution in [0.3, 0.4) is 0 Å².